The van der Waals surface area contributed by atoms with Crippen molar-refractivity contribution in [2.24, 2.45) is 0 Å². The molecule has 0 unspecified atom stereocenters. The summed E-state index contributed by atoms with van der Waals surface area (Å²) >= 11 is 11.0. The Labute approximate surface area is 134 Å². The second kappa shape index (κ2) is 10.0. The summed E-state index contributed by atoms with van der Waals surface area (Å²) in [4.78, 5) is 0. The highest BCUT2D eigenvalue weighted by Crippen LogP contribution is 2.24. The number of benzene rings is 2. The normalized spacial score (nSPS) is 8.95. The fourth-order valence-corrected chi connectivity index (χ4v) is 1.42. The van der Waals surface area contributed by atoms with Gasteiger partial charge < -0.3 is 21.7 Å². The highest BCUT2D eigenvalue weighted by molar-refractivity contribution is 6.32. The second-order valence-electron chi connectivity index (χ2n) is 4.13. The second-order valence-corrected chi connectivity index (χ2v) is 4.94. The van der Waals surface area contributed by atoms with Gasteiger partial charge in [-0.2, -0.15) is 0 Å². The number of nitrogens with two attached hydrogens (primary N) is 2. The van der Waals surface area contributed by atoms with Gasteiger partial charge in [-0.25, -0.2) is 0 Å². The first-order valence-electron chi connectivity index (χ1n) is 6.29. The van der Waals surface area contributed by atoms with Crippen LogP contribution in [0.25, 0.3) is 0 Å². The Hall–Kier alpha value is -1.78. The van der Waals surface area contributed by atoms with Gasteiger partial charge in [-0.15, -0.1) is 0 Å². The van der Waals surface area contributed by atoms with E-state index in [-0.39, 0.29) is 21.5 Å². The van der Waals surface area contributed by atoms with E-state index in [4.69, 9.17) is 44.9 Å². The molecule has 0 saturated carbocycles. The lowest BCUT2D eigenvalue weighted by Gasteiger charge is -1.95. The third kappa shape index (κ3) is 8.17. The number of hydrogen-bond donors (Lipinski definition) is 4. The smallest absolute Gasteiger partial charge is 0.134 e. The first-order valence-corrected chi connectivity index (χ1v) is 7.05. The van der Waals surface area contributed by atoms with Crippen LogP contribution in [0, 0.1) is 0 Å². The molecule has 2 aromatic carbocycles. The third-order valence-corrected chi connectivity index (χ3v) is 2.55. The Kier molecular flexibility index (Phi) is 9.17. The number of rotatable bonds is 0. The largest absolute Gasteiger partial charge is 0.506 e. The minimum absolute atomic E-state index is 0.0610. The Morgan fingerprint density at radius 1 is 0.810 bits per heavy atom. The van der Waals surface area contributed by atoms with Crippen LogP contribution < -0.4 is 11.5 Å². The molecular formula is C15H20Cl2N2O2. The lowest BCUT2D eigenvalue weighted by atomic mass is 10.3. The van der Waals surface area contributed by atoms with E-state index in [1.807, 2.05) is 0 Å². The van der Waals surface area contributed by atoms with Crippen LogP contribution in [0.1, 0.15) is 20.3 Å². The van der Waals surface area contributed by atoms with E-state index in [1.165, 1.54) is 30.7 Å². The summed E-state index contributed by atoms with van der Waals surface area (Å²) in [5, 5.41) is 18.3. The van der Waals surface area contributed by atoms with E-state index < -0.39 is 0 Å². The molecule has 6 N–H and O–H groups in total. The van der Waals surface area contributed by atoms with Crippen molar-refractivity contribution in [3.05, 3.63) is 46.4 Å². The van der Waals surface area contributed by atoms with Crippen LogP contribution in [0.2, 0.25) is 10.0 Å². The zero-order chi connectivity index (χ0) is 16.4. The van der Waals surface area contributed by atoms with E-state index in [0.29, 0.717) is 11.4 Å². The maximum atomic E-state index is 8.86. The van der Waals surface area contributed by atoms with Crippen LogP contribution in [-0.4, -0.2) is 10.2 Å². The standard InChI is InChI=1S/2C6H6ClNO.C3H8/c2*7-5-3-4(8)1-2-6(5)9;1-3-2/h2*1-3,9H,8H2;3H2,1-2H3. The van der Waals surface area contributed by atoms with Crippen molar-refractivity contribution in [2.75, 3.05) is 11.5 Å². The molecule has 0 aliphatic rings. The zero-order valence-corrected chi connectivity index (χ0v) is 13.5. The molecule has 0 radical (unpaired) electrons. The lowest BCUT2D eigenvalue weighted by molar-refractivity contribution is 0.475. The first kappa shape index (κ1) is 19.2. The molecule has 0 spiro atoms. The summed E-state index contributed by atoms with van der Waals surface area (Å²) < 4.78 is 0. The van der Waals surface area contributed by atoms with Gasteiger partial charge in [-0.3, -0.25) is 0 Å². The predicted molar refractivity (Wildman–Crippen MR) is 91.0 cm³/mol. The number of hydrogen-bond acceptors (Lipinski definition) is 4. The number of nitrogen functional groups attached to an aromatic ring is 2. The molecule has 0 heterocycles. The van der Waals surface area contributed by atoms with Crippen molar-refractivity contribution in [1.29, 1.82) is 0 Å². The van der Waals surface area contributed by atoms with Gasteiger partial charge in [0.1, 0.15) is 11.5 Å². The highest BCUT2D eigenvalue weighted by Gasteiger charge is 1.95. The van der Waals surface area contributed by atoms with E-state index >= 15 is 0 Å². The zero-order valence-electron chi connectivity index (χ0n) is 12.0. The molecule has 0 aliphatic heterocycles. The van der Waals surface area contributed by atoms with Crippen molar-refractivity contribution >= 4 is 34.6 Å². The molecule has 6 heteroatoms. The number of phenols is 2. The van der Waals surface area contributed by atoms with Gasteiger partial charge in [0.25, 0.3) is 0 Å². The van der Waals surface area contributed by atoms with Crippen LogP contribution in [-0.2, 0) is 0 Å². The summed E-state index contributed by atoms with van der Waals surface area (Å²) in [5.74, 6) is 0.122. The molecule has 21 heavy (non-hydrogen) atoms. The number of aromatic hydroxyl groups is 2. The van der Waals surface area contributed by atoms with Crippen molar-refractivity contribution in [3.8, 4) is 11.5 Å². The van der Waals surface area contributed by atoms with E-state index in [2.05, 4.69) is 13.8 Å². The quantitative estimate of drug-likeness (QED) is 0.417. The third-order valence-electron chi connectivity index (χ3n) is 1.94. The van der Waals surface area contributed by atoms with Crippen molar-refractivity contribution in [2.45, 2.75) is 20.3 Å². The van der Waals surface area contributed by atoms with Crippen LogP contribution in [0.15, 0.2) is 36.4 Å². The average molecular weight is 331 g/mol. The predicted octanol–water partition coefficient (Wildman–Crippen LogP) is 4.67. The van der Waals surface area contributed by atoms with Crippen LogP contribution in [0.4, 0.5) is 11.4 Å². The topological polar surface area (TPSA) is 92.5 Å². The van der Waals surface area contributed by atoms with E-state index in [1.54, 1.807) is 12.1 Å². The molecule has 0 saturated heterocycles. The number of anilines is 2. The van der Waals surface area contributed by atoms with Crippen LogP contribution in [0.5, 0.6) is 11.5 Å². The maximum absolute atomic E-state index is 8.86. The Bertz CT molecular complexity index is 514. The summed E-state index contributed by atoms with van der Waals surface area (Å²) in [6, 6.07) is 9.07. The first-order chi connectivity index (χ1) is 9.81. The van der Waals surface area contributed by atoms with Crippen molar-refractivity contribution in [1.82, 2.24) is 0 Å². The molecule has 4 nitrogen and oxygen atoms in total. The summed E-state index contributed by atoms with van der Waals surface area (Å²) in [6.07, 6.45) is 1.25. The molecule has 2 aromatic rings. The monoisotopic (exact) mass is 330 g/mol. The number of phenolic OH excluding ortho intramolecular Hbond substituents is 2. The Balaban J connectivity index is 0.000000322. The molecule has 0 aliphatic carbocycles. The van der Waals surface area contributed by atoms with Gasteiger partial charge in [0.2, 0.25) is 0 Å². The molecule has 2 rings (SSSR count). The van der Waals surface area contributed by atoms with E-state index in [0.717, 1.165) is 0 Å². The van der Waals surface area contributed by atoms with Crippen LogP contribution in [0.3, 0.4) is 0 Å². The molecule has 116 valence electrons. The lowest BCUT2D eigenvalue weighted by Crippen LogP contribution is -1.82. The van der Waals surface area contributed by atoms with Gasteiger partial charge in [-0.05, 0) is 36.4 Å². The van der Waals surface area contributed by atoms with Crippen molar-refractivity contribution in [3.63, 3.8) is 0 Å². The Morgan fingerprint density at radius 3 is 1.29 bits per heavy atom. The summed E-state index contributed by atoms with van der Waals surface area (Å²) in [7, 11) is 0. The van der Waals surface area contributed by atoms with Gasteiger partial charge in [0.05, 0.1) is 10.0 Å². The van der Waals surface area contributed by atoms with Gasteiger partial charge in [0, 0.05) is 11.4 Å². The molecule has 0 aromatic heterocycles. The van der Waals surface area contributed by atoms with Gasteiger partial charge >= 0.3 is 0 Å². The SMILES string of the molecule is CCC.Nc1ccc(O)c(Cl)c1.Nc1ccc(O)c(Cl)c1. The summed E-state index contributed by atoms with van der Waals surface area (Å²) in [5.41, 5.74) is 11.8. The fourth-order valence-electron chi connectivity index (χ4n) is 1.05. The maximum Gasteiger partial charge on any atom is 0.134 e. The Morgan fingerprint density at radius 2 is 1.10 bits per heavy atom. The summed E-state index contributed by atoms with van der Waals surface area (Å²) in [6.45, 7) is 4.25. The minimum Gasteiger partial charge on any atom is -0.506 e. The minimum atomic E-state index is 0.0610. The fraction of sp³-hybridized carbons (Fsp3) is 0.200. The molecule has 0 fully saturated rings. The van der Waals surface area contributed by atoms with Gasteiger partial charge in [-0.1, -0.05) is 43.5 Å². The van der Waals surface area contributed by atoms with E-state index in [9.17, 15) is 0 Å². The number of halogens is 2. The van der Waals surface area contributed by atoms with Crippen LogP contribution >= 0.6 is 23.2 Å². The van der Waals surface area contributed by atoms with Gasteiger partial charge in [0.15, 0.2) is 0 Å². The van der Waals surface area contributed by atoms with Crippen molar-refractivity contribution < 1.29 is 10.2 Å². The molecule has 0 amide bonds. The molecule has 0 atom stereocenters. The highest BCUT2D eigenvalue weighted by atomic mass is 35.5. The average Bonchev–Trinajstić information content (AvgIpc) is 2.41. The molecule has 0 bridgehead atoms. The molecular weight excluding hydrogens is 311 g/mol.